The number of ether oxygens (including phenoxy) is 1. The van der Waals surface area contributed by atoms with E-state index < -0.39 is 11.8 Å². The number of nitrogens with zero attached hydrogens (tertiary/aromatic N) is 1. The molecular formula is C16H11NO3. The summed E-state index contributed by atoms with van der Waals surface area (Å²) in [7, 11) is 0. The van der Waals surface area contributed by atoms with Crippen molar-refractivity contribution in [2.75, 3.05) is 0 Å². The van der Waals surface area contributed by atoms with Gasteiger partial charge in [0.25, 0.3) is 0 Å². The van der Waals surface area contributed by atoms with Crippen LogP contribution < -0.4 is 4.74 Å². The second-order valence-corrected chi connectivity index (χ2v) is 4.11. The Hall–Kier alpha value is -2.93. The number of ketones is 1. The quantitative estimate of drug-likeness (QED) is 0.483. The van der Waals surface area contributed by atoms with Gasteiger partial charge in [-0.25, -0.2) is 4.79 Å². The molecule has 0 aliphatic carbocycles. The van der Waals surface area contributed by atoms with Gasteiger partial charge in [0.1, 0.15) is 5.75 Å². The molecule has 0 N–H and O–H groups in total. The van der Waals surface area contributed by atoms with E-state index in [4.69, 9.17) is 10.00 Å². The molecule has 4 heteroatoms. The average molecular weight is 265 g/mol. The first kappa shape index (κ1) is 13.5. The number of nitriles is 1. The highest BCUT2D eigenvalue weighted by molar-refractivity contribution is 6.34. The van der Waals surface area contributed by atoms with Gasteiger partial charge in [-0.3, -0.25) is 4.79 Å². The van der Waals surface area contributed by atoms with Gasteiger partial charge in [0, 0.05) is 6.42 Å². The molecule has 2 aromatic rings. The minimum atomic E-state index is -0.904. The molecule has 2 rings (SSSR count). The van der Waals surface area contributed by atoms with Crippen molar-refractivity contribution in [1.82, 2.24) is 0 Å². The van der Waals surface area contributed by atoms with Gasteiger partial charge in [0.05, 0.1) is 11.6 Å². The zero-order valence-electron chi connectivity index (χ0n) is 10.6. The van der Waals surface area contributed by atoms with Gasteiger partial charge < -0.3 is 4.74 Å². The minimum Gasteiger partial charge on any atom is -0.421 e. The fourth-order valence-electron chi connectivity index (χ4n) is 1.61. The van der Waals surface area contributed by atoms with Crippen LogP contribution in [0.25, 0.3) is 0 Å². The van der Waals surface area contributed by atoms with E-state index in [1.54, 1.807) is 24.3 Å². The molecule has 0 heterocycles. The van der Waals surface area contributed by atoms with Gasteiger partial charge in [-0.1, -0.05) is 30.3 Å². The SMILES string of the molecule is N#Cc1ccc(OC(=O)C(=O)Cc2ccccc2)cc1. The lowest BCUT2D eigenvalue weighted by atomic mass is 10.1. The first-order chi connectivity index (χ1) is 9.69. The number of rotatable bonds is 4. The topological polar surface area (TPSA) is 67.2 Å². The number of Topliss-reactive ketones (excluding diaryl/α,β-unsaturated/α-hetero) is 1. The standard InChI is InChI=1S/C16H11NO3/c17-11-13-6-8-14(9-7-13)20-16(19)15(18)10-12-4-2-1-3-5-12/h1-9H,10H2. The number of benzene rings is 2. The largest absolute Gasteiger partial charge is 0.421 e. The Balaban J connectivity index is 1.97. The van der Waals surface area contributed by atoms with Crippen molar-refractivity contribution in [3.05, 3.63) is 65.7 Å². The summed E-state index contributed by atoms with van der Waals surface area (Å²) in [5.41, 5.74) is 1.22. The summed E-state index contributed by atoms with van der Waals surface area (Å²) in [4.78, 5) is 23.3. The van der Waals surface area contributed by atoms with Gasteiger partial charge in [-0.2, -0.15) is 5.26 Å². The monoisotopic (exact) mass is 265 g/mol. The molecule has 0 aliphatic rings. The van der Waals surface area contributed by atoms with Crippen LogP contribution in [0.3, 0.4) is 0 Å². The highest BCUT2D eigenvalue weighted by Crippen LogP contribution is 2.12. The maximum Gasteiger partial charge on any atom is 0.380 e. The van der Waals surface area contributed by atoms with Crippen LogP contribution in [0.1, 0.15) is 11.1 Å². The van der Waals surface area contributed by atoms with Crippen LogP contribution in [-0.2, 0) is 16.0 Å². The Bertz CT molecular complexity index is 654. The molecule has 0 saturated carbocycles. The molecule has 98 valence electrons. The van der Waals surface area contributed by atoms with Gasteiger partial charge in [-0.05, 0) is 29.8 Å². The van der Waals surface area contributed by atoms with Crippen LogP contribution in [-0.4, -0.2) is 11.8 Å². The molecule has 0 amide bonds. The van der Waals surface area contributed by atoms with E-state index in [1.165, 1.54) is 24.3 Å². The predicted molar refractivity (Wildman–Crippen MR) is 71.9 cm³/mol. The van der Waals surface area contributed by atoms with E-state index in [0.717, 1.165) is 5.56 Å². The molecule has 20 heavy (non-hydrogen) atoms. The number of esters is 1. The fraction of sp³-hybridized carbons (Fsp3) is 0.0625. The third-order valence-electron chi connectivity index (χ3n) is 2.63. The van der Waals surface area contributed by atoms with Gasteiger partial charge >= 0.3 is 5.97 Å². The number of carbonyl (C=O) groups excluding carboxylic acids is 2. The number of hydrogen-bond acceptors (Lipinski definition) is 4. The van der Waals surface area contributed by atoms with Crippen LogP contribution in [0, 0.1) is 11.3 Å². The minimum absolute atomic E-state index is 0.00987. The fourth-order valence-corrected chi connectivity index (χ4v) is 1.61. The first-order valence-electron chi connectivity index (χ1n) is 5.98. The zero-order chi connectivity index (χ0) is 14.4. The Morgan fingerprint density at radius 2 is 1.65 bits per heavy atom. The van der Waals surface area contributed by atoms with Crippen LogP contribution in [0.15, 0.2) is 54.6 Å². The Morgan fingerprint density at radius 1 is 1.00 bits per heavy atom. The van der Waals surface area contributed by atoms with E-state index in [2.05, 4.69) is 0 Å². The Morgan fingerprint density at radius 3 is 2.25 bits per heavy atom. The third kappa shape index (κ3) is 3.53. The molecule has 0 saturated heterocycles. The summed E-state index contributed by atoms with van der Waals surface area (Å²) >= 11 is 0. The van der Waals surface area contributed by atoms with Crippen molar-refractivity contribution >= 4 is 11.8 Å². The highest BCUT2D eigenvalue weighted by Gasteiger charge is 2.16. The average Bonchev–Trinajstić information content (AvgIpc) is 2.49. The first-order valence-corrected chi connectivity index (χ1v) is 5.98. The molecule has 0 atom stereocenters. The molecular weight excluding hydrogens is 254 g/mol. The molecule has 0 spiro atoms. The lowest BCUT2D eigenvalue weighted by molar-refractivity contribution is -0.146. The van der Waals surface area contributed by atoms with Gasteiger partial charge in [-0.15, -0.1) is 0 Å². The summed E-state index contributed by atoms with van der Waals surface area (Å²) < 4.78 is 4.95. The predicted octanol–water partition coefficient (Wildman–Crippen LogP) is 2.28. The van der Waals surface area contributed by atoms with E-state index >= 15 is 0 Å². The molecule has 0 aliphatic heterocycles. The van der Waals surface area contributed by atoms with Crippen molar-refractivity contribution < 1.29 is 14.3 Å². The van der Waals surface area contributed by atoms with Gasteiger partial charge in [0.2, 0.25) is 5.78 Å². The lowest BCUT2D eigenvalue weighted by Gasteiger charge is -2.03. The van der Waals surface area contributed by atoms with Crippen molar-refractivity contribution in [2.24, 2.45) is 0 Å². The molecule has 0 aromatic heterocycles. The van der Waals surface area contributed by atoms with Crippen molar-refractivity contribution in [2.45, 2.75) is 6.42 Å². The molecule has 0 radical (unpaired) electrons. The summed E-state index contributed by atoms with van der Waals surface area (Å²) in [6, 6.07) is 16.9. The van der Waals surface area contributed by atoms with Crippen LogP contribution in [0.5, 0.6) is 5.75 Å². The smallest absolute Gasteiger partial charge is 0.380 e. The number of hydrogen-bond donors (Lipinski definition) is 0. The highest BCUT2D eigenvalue weighted by atomic mass is 16.5. The van der Waals surface area contributed by atoms with Crippen molar-refractivity contribution in [3.8, 4) is 11.8 Å². The van der Waals surface area contributed by atoms with Crippen molar-refractivity contribution in [3.63, 3.8) is 0 Å². The maximum atomic E-state index is 11.7. The third-order valence-corrected chi connectivity index (χ3v) is 2.63. The van der Waals surface area contributed by atoms with Crippen LogP contribution >= 0.6 is 0 Å². The molecule has 0 unspecified atom stereocenters. The molecule has 2 aromatic carbocycles. The van der Waals surface area contributed by atoms with E-state index in [9.17, 15) is 9.59 Å². The maximum absolute atomic E-state index is 11.7. The van der Waals surface area contributed by atoms with Crippen LogP contribution in [0.4, 0.5) is 0 Å². The molecule has 4 nitrogen and oxygen atoms in total. The Labute approximate surface area is 116 Å². The number of carbonyl (C=O) groups is 2. The molecule has 0 fully saturated rings. The Kier molecular flexibility index (Phi) is 4.25. The van der Waals surface area contributed by atoms with E-state index in [-0.39, 0.29) is 12.2 Å². The summed E-state index contributed by atoms with van der Waals surface area (Å²) in [6.45, 7) is 0. The zero-order valence-corrected chi connectivity index (χ0v) is 10.6. The molecule has 0 bridgehead atoms. The van der Waals surface area contributed by atoms with E-state index in [0.29, 0.717) is 5.56 Å². The van der Waals surface area contributed by atoms with Crippen molar-refractivity contribution in [1.29, 1.82) is 5.26 Å². The van der Waals surface area contributed by atoms with Crippen LogP contribution in [0.2, 0.25) is 0 Å². The summed E-state index contributed by atoms with van der Waals surface area (Å²) in [5.74, 6) is -1.27. The summed E-state index contributed by atoms with van der Waals surface area (Å²) in [5, 5.41) is 8.65. The van der Waals surface area contributed by atoms with E-state index in [1.807, 2.05) is 12.1 Å². The normalized spacial score (nSPS) is 9.55. The second-order valence-electron chi connectivity index (χ2n) is 4.11. The second kappa shape index (κ2) is 6.30. The lowest BCUT2D eigenvalue weighted by Crippen LogP contribution is -2.22. The summed E-state index contributed by atoms with van der Waals surface area (Å²) in [6.07, 6.45) is 0.00987. The van der Waals surface area contributed by atoms with Gasteiger partial charge in [0.15, 0.2) is 0 Å².